The summed E-state index contributed by atoms with van der Waals surface area (Å²) in [7, 11) is 1.22. The summed E-state index contributed by atoms with van der Waals surface area (Å²) in [4.78, 5) is 27.2. The topological polar surface area (TPSA) is 100 Å². The van der Waals surface area contributed by atoms with E-state index >= 15 is 0 Å². The number of hydrogen-bond donors (Lipinski definition) is 1. The number of nitrogens with zero attached hydrogens (tertiary/aromatic N) is 1. The van der Waals surface area contributed by atoms with Gasteiger partial charge < -0.3 is 19.9 Å². The van der Waals surface area contributed by atoms with Crippen molar-refractivity contribution in [3.63, 3.8) is 0 Å². The summed E-state index contributed by atoms with van der Waals surface area (Å²) in [6.07, 6.45) is 0. The Kier molecular flexibility index (Phi) is 3.95. The van der Waals surface area contributed by atoms with Gasteiger partial charge in [-0.3, -0.25) is 0 Å². The van der Waals surface area contributed by atoms with Gasteiger partial charge >= 0.3 is 11.9 Å². The molecule has 0 fully saturated rings. The van der Waals surface area contributed by atoms with Gasteiger partial charge in [-0.2, -0.15) is 0 Å². The van der Waals surface area contributed by atoms with Gasteiger partial charge in [0.25, 0.3) is 5.90 Å². The maximum absolute atomic E-state index is 11.7. The summed E-state index contributed by atoms with van der Waals surface area (Å²) in [6.45, 7) is 4.93. The highest BCUT2D eigenvalue weighted by Crippen LogP contribution is 2.21. The Morgan fingerprint density at radius 2 is 2.11 bits per heavy atom. The second-order valence-electron chi connectivity index (χ2n) is 4.93. The number of carbonyl (C=O) groups excluding carboxylic acids is 2. The molecular formula is C11H18N2O5. The third kappa shape index (κ3) is 2.98. The first-order valence-corrected chi connectivity index (χ1v) is 5.48. The molecule has 0 aliphatic carbocycles. The van der Waals surface area contributed by atoms with Crippen molar-refractivity contribution < 1.29 is 23.8 Å². The Bertz CT molecular complexity index is 385. The normalized spacial score (nSPS) is 23.1. The maximum Gasteiger partial charge on any atom is 0.394 e. The molecule has 0 amide bonds. The molecule has 2 N–H and O–H groups in total. The van der Waals surface area contributed by atoms with Gasteiger partial charge in [-0.1, -0.05) is 0 Å². The van der Waals surface area contributed by atoms with Crippen molar-refractivity contribution in [1.82, 2.24) is 0 Å². The molecule has 0 bridgehead atoms. The van der Waals surface area contributed by atoms with Gasteiger partial charge in [-0.15, -0.1) is 0 Å². The third-order valence-corrected chi connectivity index (χ3v) is 2.24. The van der Waals surface area contributed by atoms with E-state index in [-0.39, 0.29) is 19.0 Å². The Hall–Kier alpha value is -1.63. The van der Waals surface area contributed by atoms with Crippen molar-refractivity contribution in [3.8, 4) is 0 Å². The van der Waals surface area contributed by atoms with Crippen molar-refractivity contribution in [2.24, 2.45) is 10.7 Å². The summed E-state index contributed by atoms with van der Waals surface area (Å²) in [6, 6.07) is 0. The Balaban J connectivity index is 2.88. The fourth-order valence-corrected chi connectivity index (χ4v) is 1.36. The van der Waals surface area contributed by atoms with Gasteiger partial charge in [0.15, 0.2) is 0 Å². The molecule has 7 heteroatoms. The minimum Gasteiger partial charge on any atom is -0.469 e. The molecule has 18 heavy (non-hydrogen) atoms. The molecule has 0 aromatic heterocycles. The summed E-state index contributed by atoms with van der Waals surface area (Å²) < 4.78 is 14.8. The predicted octanol–water partition coefficient (Wildman–Crippen LogP) is -0.373. The van der Waals surface area contributed by atoms with Gasteiger partial charge in [0.2, 0.25) is 5.54 Å². The number of methoxy groups -OCH3 is 1. The molecule has 0 saturated heterocycles. The Morgan fingerprint density at radius 3 is 2.56 bits per heavy atom. The summed E-state index contributed by atoms with van der Waals surface area (Å²) >= 11 is 0. The lowest BCUT2D eigenvalue weighted by Gasteiger charge is -2.18. The first-order chi connectivity index (χ1) is 8.24. The van der Waals surface area contributed by atoms with E-state index < -0.39 is 23.1 Å². The fourth-order valence-electron chi connectivity index (χ4n) is 1.36. The van der Waals surface area contributed by atoms with Crippen molar-refractivity contribution in [3.05, 3.63) is 0 Å². The van der Waals surface area contributed by atoms with Gasteiger partial charge in [0, 0.05) is 6.54 Å². The zero-order valence-electron chi connectivity index (χ0n) is 11.0. The highest BCUT2D eigenvalue weighted by molar-refractivity contribution is 6.33. The molecule has 1 atom stereocenters. The lowest BCUT2D eigenvalue weighted by atomic mass is 10.0. The second kappa shape index (κ2) is 4.93. The van der Waals surface area contributed by atoms with E-state index in [2.05, 4.69) is 9.73 Å². The van der Waals surface area contributed by atoms with Crippen LogP contribution in [-0.2, 0) is 23.8 Å². The number of aliphatic imine (C=N–C) groups is 1. The van der Waals surface area contributed by atoms with Crippen LogP contribution in [0.5, 0.6) is 0 Å². The van der Waals surface area contributed by atoms with E-state index in [0.29, 0.717) is 0 Å². The van der Waals surface area contributed by atoms with Gasteiger partial charge in [-0.25, -0.2) is 14.6 Å². The van der Waals surface area contributed by atoms with Crippen LogP contribution in [-0.4, -0.2) is 49.2 Å². The van der Waals surface area contributed by atoms with Crippen LogP contribution >= 0.6 is 0 Å². The molecule has 1 rings (SSSR count). The predicted molar refractivity (Wildman–Crippen MR) is 63.0 cm³/mol. The average Bonchev–Trinajstić information content (AvgIpc) is 2.71. The zero-order chi connectivity index (χ0) is 14.0. The molecule has 0 radical (unpaired) electrons. The minimum atomic E-state index is -1.35. The molecule has 0 spiro atoms. The first-order valence-electron chi connectivity index (χ1n) is 5.48. The number of ether oxygens (including phenoxy) is 3. The minimum absolute atomic E-state index is 0.105. The van der Waals surface area contributed by atoms with Crippen LogP contribution in [0.4, 0.5) is 0 Å². The van der Waals surface area contributed by atoms with Crippen molar-refractivity contribution >= 4 is 17.8 Å². The largest absolute Gasteiger partial charge is 0.469 e. The lowest BCUT2D eigenvalue weighted by molar-refractivity contribution is -0.149. The van der Waals surface area contributed by atoms with Crippen LogP contribution in [0, 0.1) is 0 Å². The molecule has 1 aliphatic heterocycles. The van der Waals surface area contributed by atoms with Crippen LogP contribution in [0.2, 0.25) is 0 Å². The highest BCUT2D eigenvalue weighted by Gasteiger charge is 2.46. The van der Waals surface area contributed by atoms with Gasteiger partial charge in [0.1, 0.15) is 12.2 Å². The SMILES string of the molecule is COC(=O)C1(CN)COC(C(=O)OC(C)(C)C)=N1. The fraction of sp³-hybridized carbons (Fsp3) is 0.727. The first kappa shape index (κ1) is 14.4. The van der Waals surface area contributed by atoms with Crippen molar-refractivity contribution in [2.75, 3.05) is 20.3 Å². The molecule has 0 aromatic carbocycles. The third-order valence-electron chi connectivity index (χ3n) is 2.24. The van der Waals surface area contributed by atoms with Crippen LogP contribution < -0.4 is 5.73 Å². The van der Waals surface area contributed by atoms with Crippen molar-refractivity contribution in [1.29, 1.82) is 0 Å². The van der Waals surface area contributed by atoms with Crippen LogP contribution in [0.15, 0.2) is 4.99 Å². The molecule has 7 nitrogen and oxygen atoms in total. The molecule has 0 saturated carbocycles. The molecular weight excluding hydrogens is 240 g/mol. The van der Waals surface area contributed by atoms with Crippen molar-refractivity contribution in [2.45, 2.75) is 31.9 Å². The molecule has 1 aliphatic rings. The summed E-state index contributed by atoms with van der Waals surface area (Å²) in [5.74, 6) is -1.61. The van der Waals surface area contributed by atoms with Crippen LogP contribution in [0.1, 0.15) is 20.8 Å². The Morgan fingerprint density at radius 1 is 1.50 bits per heavy atom. The maximum atomic E-state index is 11.7. The van der Waals surface area contributed by atoms with E-state index in [9.17, 15) is 9.59 Å². The standard InChI is InChI=1S/C11H18N2O5/c1-10(2,3)18-8(14)7-13-11(5-12,6-17-7)9(15)16-4/h5-6,12H2,1-4H3. The Labute approximate surface area is 105 Å². The zero-order valence-corrected chi connectivity index (χ0v) is 11.0. The molecule has 1 heterocycles. The number of carbonyl (C=O) groups is 2. The lowest BCUT2D eigenvalue weighted by Crippen LogP contribution is -2.46. The van der Waals surface area contributed by atoms with Gasteiger partial charge in [-0.05, 0) is 20.8 Å². The van der Waals surface area contributed by atoms with Crippen LogP contribution in [0.25, 0.3) is 0 Å². The highest BCUT2D eigenvalue weighted by atomic mass is 16.6. The smallest absolute Gasteiger partial charge is 0.394 e. The summed E-state index contributed by atoms with van der Waals surface area (Å²) in [5, 5.41) is 0. The second-order valence-corrected chi connectivity index (χ2v) is 4.93. The van der Waals surface area contributed by atoms with Gasteiger partial charge in [0.05, 0.1) is 7.11 Å². The van der Waals surface area contributed by atoms with E-state index in [1.807, 2.05) is 0 Å². The van der Waals surface area contributed by atoms with Crippen LogP contribution in [0.3, 0.4) is 0 Å². The van der Waals surface area contributed by atoms with E-state index in [4.69, 9.17) is 15.2 Å². The number of esters is 2. The van der Waals surface area contributed by atoms with E-state index in [1.54, 1.807) is 20.8 Å². The quantitative estimate of drug-likeness (QED) is 0.693. The number of rotatable bonds is 3. The average molecular weight is 258 g/mol. The molecule has 102 valence electrons. The summed E-state index contributed by atoms with van der Waals surface area (Å²) in [5.41, 5.74) is 3.48. The number of hydrogen-bond acceptors (Lipinski definition) is 7. The molecule has 1 unspecified atom stereocenters. The van der Waals surface area contributed by atoms with E-state index in [0.717, 1.165) is 0 Å². The van der Waals surface area contributed by atoms with E-state index in [1.165, 1.54) is 7.11 Å². The monoisotopic (exact) mass is 258 g/mol. The molecule has 0 aromatic rings. The number of nitrogens with two attached hydrogens (primary N) is 1.